The summed E-state index contributed by atoms with van der Waals surface area (Å²) in [5.41, 5.74) is 1.30. The molecule has 3 rings (SSSR count). The Balaban J connectivity index is 1.50. The number of aromatic amines is 2. The molecule has 140 valence electrons. The number of hydrogen-bond donors (Lipinski definition) is 3. The van der Waals surface area contributed by atoms with Crippen molar-refractivity contribution < 1.29 is 19.1 Å². The van der Waals surface area contributed by atoms with Gasteiger partial charge in [0.15, 0.2) is 12.7 Å². The molecule has 2 aromatic carbocycles. The second kappa shape index (κ2) is 7.96. The number of rotatable bonds is 6. The third-order valence-corrected chi connectivity index (χ3v) is 3.86. The second-order valence-electron chi connectivity index (χ2n) is 5.71. The van der Waals surface area contributed by atoms with Gasteiger partial charge in [0, 0.05) is 10.7 Å². The number of hydrogen-bond acceptors (Lipinski definition) is 5. The number of carbonyl (C=O) groups is 2. The van der Waals surface area contributed by atoms with Crippen molar-refractivity contribution in [3.8, 4) is 5.75 Å². The van der Waals surface area contributed by atoms with E-state index in [9.17, 15) is 14.4 Å². The predicted octanol–water partition coefficient (Wildman–Crippen LogP) is 2.46. The van der Waals surface area contributed by atoms with Gasteiger partial charge in [-0.25, -0.2) is 9.59 Å². The molecule has 0 fully saturated rings. The fourth-order valence-electron chi connectivity index (χ4n) is 2.33. The minimum Gasteiger partial charge on any atom is -0.479 e. The van der Waals surface area contributed by atoms with Crippen LogP contribution in [0.15, 0.2) is 47.3 Å². The number of imidazole rings is 1. The standard InChI is InChI=1S/C18H16ClN3O5/c1-10(27-13-5-2-11(19)3-6-13)17(24)26-9-16(23)20-12-4-7-14-15(8-12)22-18(25)21-14/h2-8,10H,9H2,1H3,(H,20,23)(H2,21,22,25)/t10-/m1/s1. The Morgan fingerprint density at radius 1 is 1.11 bits per heavy atom. The molecule has 1 amide bonds. The maximum atomic E-state index is 12.0. The summed E-state index contributed by atoms with van der Waals surface area (Å²) in [6, 6.07) is 11.4. The van der Waals surface area contributed by atoms with Gasteiger partial charge in [0.25, 0.3) is 5.91 Å². The van der Waals surface area contributed by atoms with Crippen molar-refractivity contribution in [3.63, 3.8) is 0 Å². The van der Waals surface area contributed by atoms with Gasteiger partial charge in [-0.1, -0.05) is 11.6 Å². The SMILES string of the molecule is C[C@@H](Oc1ccc(Cl)cc1)C(=O)OCC(=O)Nc1ccc2[nH]c(=O)[nH]c2c1. The van der Waals surface area contributed by atoms with Gasteiger partial charge in [0.05, 0.1) is 11.0 Å². The summed E-state index contributed by atoms with van der Waals surface area (Å²) in [5, 5.41) is 3.14. The van der Waals surface area contributed by atoms with Crippen LogP contribution in [0.5, 0.6) is 5.75 Å². The lowest BCUT2D eigenvalue weighted by Gasteiger charge is -2.14. The number of carbonyl (C=O) groups excluding carboxylic acids is 2. The lowest BCUT2D eigenvalue weighted by Crippen LogP contribution is -2.29. The molecular weight excluding hydrogens is 374 g/mol. The predicted molar refractivity (Wildman–Crippen MR) is 100 cm³/mol. The average molecular weight is 390 g/mol. The molecule has 9 heteroatoms. The van der Waals surface area contributed by atoms with E-state index < -0.39 is 24.6 Å². The van der Waals surface area contributed by atoms with Crippen LogP contribution in [0.4, 0.5) is 5.69 Å². The first-order valence-electron chi connectivity index (χ1n) is 8.01. The summed E-state index contributed by atoms with van der Waals surface area (Å²) in [7, 11) is 0. The van der Waals surface area contributed by atoms with Crippen LogP contribution < -0.4 is 15.7 Å². The Labute approximate surface area is 158 Å². The van der Waals surface area contributed by atoms with Crippen LogP contribution in [0, 0.1) is 0 Å². The van der Waals surface area contributed by atoms with Gasteiger partial charge in [-0.3, -0.25) is 4.79 Å². The molecule has 0 spiro atoms. The Kier molecular flexibility index (Phi) is 5.46. The molecule has 0 saturated heterocycles. The number of benzene rings is 2. The van der Waals surface area contributed by atoms with E-state index in [1.807, 2.05) is 0 Å². The Morgan fingerprint density at radius 3 is 2.56 bits per heavy atom. The zero-order valence-electron chi connectivity index (χ0n) is 14.2. The van der Waals surface area contributed by atoms with Crippen LogP contribution in [-0.2, 0) is 14.3 Å². The van der Waals surface area contributed by atoms with Crippen molar-refractivity contribution in [2.45, 2.75) is 13.0 Å². The number of amides is 1. The zero-order valence-corrected chi connectivity index (χ0v) is 15.0. The second-order valence-corrected chi connectivity index (χ2v) is 6.15. The lowest BCUT2D eigenvalue weighted by atomic mass is 10.3. The number of anilines is 1. The highest BCUT2D eigenvalue weighted by Crippen LogP contribution is 2.17. The molecule has 0 bridgehead atoms. The molecular formula is C18H16ClN3O5. The van der Waals surface area contributed by atoms with Crippen LogP contribution in [0.2, 0.25) is 5.02 Å². The first-order valence-corrected chi connectivity index (χ1v) is 8.39. The fourth-order valence-corrected chi connectivity index (χ4v) is 2.45. The average Bonchev–Trinajstić information content (AvgIpc) is 3.00. The fraction of sp³-hybridized carbons (Fsp3) is 0.167. The topological polar surface area (TPSA) is 113 Å². The molecule has 1 atom stereocenters. The Hall–Kier alpha value is -3.26. The highest BCUT2D eigenvalue weighted by molar-refractivity contribution is 6.30. The molecule has 0 radical (unpaired) electrons. The number of H-pyrrole nitrogens is 2. The van der Waals surface area contributed by atoms with E-state index in [1.165, 1.54) is 6.92 Å². The highest BCUT2D eigenvalue weighted by atomic mass is 35.5. The molecule has 0 aliphatic heterocycles. The third-order valence-electron chi connectivity index (χ3n) is 3.60. The van der Waals surface area contributed by atoms with Crippen molar-refractivity contribution in [2.24, 2.45) is 0 Å². The van der Waals surface area contributed by atoms with Crippen LogP contribution in [0.1, 0.15) is 6.92 Å². The maximum absolute atomic E-state index is 12.0. The van der Waals surface area contributed by atoms with Crippen molar-refractivity contribution in [2.75, 3.05) is 11.9 Å². The number of esters is 1. The van der Waals surface area contributed by atoms with Crippen LogP contribution in [0.25, 0.3) is 11.0 Å². The first kappa shape index (κ1) is 18.5. The molecule has 3 N–H and O–H groups in total. The van der Waals surface area contributed by atoms with Crippen molar-refractivity contribution >= 4 is 40.2 Å². The van der Waals surface area contributed by atoms with Crippen molar-refractivity contribution in [1.82, 2.24) is 9.97 Å². The normalized spacial score (nSPS) is 11.8. The summed E-state index contributed by atoms with van der Waals surface area (Å²) in [5.74, 6) is -0.730. The van der Waals surface area contributed by atoms with E-state index in [-0.39, 0.29) is 5.69 Å². The van der Waals surface area contributed by atoms with E-state index in [0.717, 1.165) is 0 Å². The minimum absolute atomic E-state index is 0.336. The van der Waals surface area contributed by atoms with Crippen molar-refractivity contribution in [3.05, 3.63) is 58.0 Å². The highest BCUT2D eigenvalue weighted by Gasteiger charge is 2.18. The third kappa shape index (κ3) is 4.89. The summed E-state index contributed by atoms with van der Waals surface area (Å²) in [6.07, 6.45) is -0.889. The smallest absolute Gasteiger partial charge is 0.347 e. The summed E-state index contributed by atoms with van der Waals surface area (Å²) < 4.78 is 10.4. The largest absolute Gasteiger partial charge is 0.479 e. The van der Waals surface area contributed by atoms with E-state index >= 15 is 0 Å². The molecule has 3 aromatic rings. The molecule has 0 unspecified atom stereocenters. The van der Waals surface area contributed by atoms with Gasteiger partial charge in [-0.05, 0) is 49.4 Å². The Morgan fingerprint density at radius 2 is 1.81 bits per heavy atom. The lowest BCUT2D eigenvalue weighted by molar-refractivity contribution is -0.153. The van der Waals surface area contributed by atoms with E-state index in [0.29, 0.717) is 27.5 Å². The molecule has 8 nitrogen and oxygen atoms in total. The monoisotopic (exact) mass is 389 g/mol. The van der Waals surface area contributed by atoms with Gasteiger partial charge in [0.2, 0.25) is 0 Å². The van der Waals surface area contributed by atoms with Crippen molar-refractivity contribution in [1.29, 1.82) is 0 Å². The van der Waals surface area contributed by atoms with Gasteiger partial charge >= 0.3 is 11.7 Å². The van der Waals surface area contributed by atoms with Gasteiger partial charge in [0.1, 0.15) is 5.75 Å². The number of fused-ring (bicyclic) bond motifs is 1. The summed E-state index contributed by atoms with van der Waals surface area (Å²) in [4.78, 5) is 40.3. The summed E-state index contributed by atoms with van der Waals surface area (Å²) >= 11 is 5.78. The van der Waals surface area contributed by atoms with Gasteiger partial charge in [-0.2, -0.15) is 0 Å². The maximum Gasteiger partial charge on any atom is 0.347 e. The van der Waals surface area contributed by atoms with E-state index in [4.69, 9.17) is 21.1 Å². The molecule has 1 aromatic heterocycles. The number of nitrogens with one attached hydrogen (secondary N) is 3. The molecule has 0 aliphatic carbocycles. The molecule has 0 saturated carbocycles. The van der Waals surface area contributed by atoms with Gasteiger partial charge in [-0.15, -0.1) is 0 Å². The molecule has 1 heterocycles. The van der Waals surface area contributed by atoms with Gasteiger partial charge < -0.3 is 24.8 Å². The van der Waals surface area contributed by atoms with Crippen LogP contribution in [0.3, 0.4) is 0 Å². The molecule has 27 heavy (non-hydrogen) atoms. The molecule has 0 aliphatic rings. The minimum atomic E-state index is -0.889. The first-order chi connectivity index (χ1) is 12.9. The van der Waals surface area contributed by atoms with E-state index in [1.54, 1.807) is 42.5 Å². The number of ether oxygens (including phenoxy) is 2. The van der Waals surface area contributed by atoms with E-state index in [2.05, 4.69) is 15.3 Å². The number of aromatic nitrogens is 2. The number of halogens is 1. The quantitative estimate of drug-likeness (QED) is 0.560. The zero-order chi connectivity index (χ0) is 19.4. The van der Waals surface area contributed by atoms with Crippen LogP contribution >= 0.6 is 11.6 Å². The van der Waals surface area contributed by atoms with Crippen LogP contribution in [-0.4, -0.2) is 34.6 Å². The Bertz CT molecular complexity index is 1030. The summed E-state index contributed by atoms with van der Waals surface area (Å²) in [6.45, 7) is 1.06.